The summed E-state index contributed by atoms with van der Waals surface area (Å²) in [5, 5.41) is 14.7. The van der Waals surface area contributed by atoms with Crippen molar-refractivity contribution in [3.05, 3.63) is 35.6 Å². The van der Waals surface area contributed by atoms with Gasteiger partial charge < -0.3 is 15.7 Å². The summed E-state index contributed by atoms with van der Waals surface area (Å²) in [7, 11) is 0. The Hall–Kier alpha value is -1.46. The van der Waals surface area contributed by atoms with Gasteiger partial charge in [0.25, 0.3) is 0 Å². The van der Waals surface area contributed by atoms with Gasteiger partial charge in [-0.05, 0) is 24.6 Å². The maximum Gasteiger partial charge on any atom is 0.224 e. The van der Waals surface area contributed by atoms with Gasteiger partial charge in [-0.15, -0.1) is 0 Å². The van der Waals surface area contributed by atoms with Crippen molar-refractivity contribution in [3.63, 3.8) is 0 Å². The summed E-state index contributed by atoms with van der Waals surface area (Å²) in [6.07, 6.45) is -0.142. The Balaban J connectivity index is 2.16. The van der Waals surface area contributed by atoms with Crippen LogP contribution in [0.25, 0.3) is 0 Å². The van der Waals surface area contributed by atoms with Crippen molar-refractivity contribution in [2.45, 2.75) is 19.4 Å². The van der Waals surface area contributed by atoms with Gasteiger partial charge in [-0.3, -0.25) is 4.79 Å². The zero-order valence-corrected chi connectivity index (χ0v) is 10.4. The molecule has 0 aliphatic rings. The monoisotopic (exact) mass is 254 g/mol. The second kappa shape index (κ2) is 7.79. The first-order valence-electron chi connectivity index (χ1n) is 5.98. The summed E-state index contributed by atoms with van der Waals surface area (Å²) in [5.41, 5.74) is 0.783. The van der Waals surface area contributed by atoms with Crippen molar-refractivity contribution in [2.75, 3.05) is 19.6 Å². The molecule has 1 aromatic rings. The number of carbonyl (C=O) groups is 1. The third-order valence-corrected chi connectivity index (χ3v) is 2.34. The third kappa shape index (κ3) is 6.32. The van der Waals surface area contributed by atoms with Crippen LogP contribution in [-0.2, 0) is 11.2 Å². The van der Waals surface area contributed by atoms with Crippen molar-refractivity contribution >= 4 is 5.91 Å². The first-order valence-corrected chi connectivity index (χ1v) is 5.98. The van der Waals surface area contributed by atoms with Crippen LogP contribution in [0.5, 0.6) is 0 Å². The average Bonchev–Trinajstić information content (AvgIpc) is 2.31. The van der Waals surface area contributed by atoms with Gasteiger partial charge in [-0.2, -0.15) is 0 Å². The molecule has 0 spiro atoms. The molecule has 0 aliphatic heterocycles. The first kappa shape index (κ1) is 14.6. The number of hydrogen-bond acceptors (Lipinski definition) is 3. The van der Waals surface area contributed by atoms with E-state index >= 15 is 0 Å². The van der Waals surface area contributed by atoms with Crippen molar-refractivity contribution in [1.29, 1.82) is 0 Å². The molecule has 4 nitrogen and oxygen atoms in total. The molecule has 3 N–H and O–H groups in total. The maximum atomic E-state index is 12.6. The second-order valence-electron chi connectivity index (χ2n) is 4.21. The SMILES string of the molecule is CC(O)CNCCNC(=O)Cc1ccc(F)cc1. The number of aliphatic hydroxyl groups is 1. The van der Waals surface area contributed by atoms with E-state index in [1.807, 2.05) is 0 Å². The predicted octanol–water partition coefficient (Wildman–Crippen LogP) is 0.455. The highest BCUT2D eigenvalue weighted by molar-refractivity contribution is 5.78. The van der Waals surface area contributed by atoms with E-state index < -0.39 is 0 Å². The minimum Gasteiger partial charge on any atom is -0.392 e. The lowest BCUT2D eigenvalue weighted by molar-refractivity contribution is -0.120. The number of hydrogen-bond donors (Lipinski definition) is 3. The highest BCUT2D eigenvalue weighted by Crippen LogP contribution is 2.03. The number of nitrogens with one attached hydrogen (secondary N) is 2. The fraction of sp³-hybridized carbons (Fsp3) is 0.462. The molecule has 1 aromatic carbocycles. The predicted molar refractivity (Wildman–Crippen MR) is 67.7 cm³/mol. The van der Waals surface area contributed by atoms with Crippen molar-refractivity contribution in [2.24, 2.45) is 0 Å². The Bertz CT molecular complexity index is 366. The lowest BCUT2D eigenvalue weighted by Gasteiger charge is -2.08. The first-order chi connectivity index (χ1) is 8.58. The zero-order valence-electron chi connectivity index (χ0n) is 10.4. The van der Waals surface area contributed by atoms with Crippen LogP contribution in [0.2, 0.25) is 0 Å². The van der Waals surface area contributed by atoms with Gasteiger partial charge in [0, 0.05) is 19.6 Å². The van der Waals surface area contributed by atoms with Crippen molar-refractivity contribution in [3.8, 4) is 0 Å². The van der Waals surface area contributed by atoms with Gasteiger partial charge >= 0.3 is 0 Å². The van der Waals surface area contributed by atoms with Crippen LogP contribution in [0.3, 0.4) is 0 Å². The molecular weight excluding hydrogens is 235 g/mol. The zero-order chi connectivity index (χ0) is 13.4. The third-order valence-electron chi connectivity index (χ3n) is 2.34. The van der Waals surface area contributed by atoms with Gasteiger partial charge in [-0.1, -0.05) is 12.1 Å². The number of amides is 1. The number of aliphatic hydroxyl groups excluding tert-OH is 1. The van der Waals surface area contributed by atoms with Crippen LogP contribution in [0, 0.1) is 5.82 Å². The highest BCUT2D eigenvalue weighted by Gasteiger charge is 2.02. The summed E-state index contributed by atoms with van der Waals surface area (Å²) in [5.74, 6) is -0.401. The fourth-order valence-electron chi connectivity index (χ4n) is 1.45. The number of benzene rings is 1. The van der Waals surface area contributed by atoms with E-state index in [0.717, 1.165) is 5.56 Å². The Labute approximate surface area is 106 Å². The molecule has 0 radical (unpaired) electrons. The van der Waals surface area contributed by atoms with Crippen molar-refractivity contribution < 1.29 is 14.3 Å². The summed E-state index contributed by atoms with van der Waals surface area (Å²) < 4.78 is 12.6. The number of rotatable bonds is 7. The quantitative estimate of drug-likeness (QED) is 0.619. The molecule has 0 fully saturated rings. The topological polar surface area (TPSA) is 61.4 Å². The largest absolute Gasteiger partial charge is 0.392 e. The summed E-state index contributed by atoms with van der Waals surface area (Å²) in [6.45, 7) is 3.32. The van der Waals surface area contributed by atoms with E-state index in [1.165, 1.54) is 12.1 Å². The highest BCUT2D eigenvalue weighted by atomic mass is 19.1. The lowest BCUT2D eigenvalue weighted by atomic mass is 10.1. The smallest absolute Gasteiger partial charge is 0.224 e. The maximum absolute atomic E-state index is 12.6. The Morgan fingerprint density at radius 1 is 1.33 bits per heavy atom. The minimum absolute atomic E-state index is 0.0968. The Morgan fingerprint density at radius 2 is 2.00 bits per heavy atom. The van der Waals surface area contributed by atoms with E-state index in [0.29, 0.717) is 19.6 Å². The van der Waals surface area contributed by atoms with Gasteiger partial charge in [0.1, 0.15) is 5.82 Å². The average molecular weight is 254 g/mol. The summed E-state index contributed by atoms with van der Waals surface area (Å²) in [6, 6.07) is 5.88. The van der Waals surface area contributed by atoms with Crippen LogP contribution in [-0.4, -0.2) is 36.8 Å². The molecule has 1 unspecified atom stereocenters. The van der Waals surface area contributed by atoms with Gasteiger partial charge in [0.2, 0.25) is 5.91 Å². The second-order valence-corrected chi connectivity index (χ2v) is 4.21. The van der Waals surface area contributed by atoms with Gasteiger partial charge in [0.15, 0.2) is 0 Å². The molecule has 18 heavy (non-hydrogen) atoms. The summed E-state index contributed by atoms with van der Waals surface area (Å²) >= 11 is 0. The van der Waals surface area contributed by atoms with E-state index in [-0.39, 0.29) is 24.2 Å². The van der Waals surface area contributed by atoms with Crippen LogP contribution in [0.15, 0.2) is 24.3 Å². The molecule has 1 rings (SSSR count). The minimum atomic E-state index is -0.389. The molecule has 1 amide bonds. The van der Waals surface area contributed by atoms with Crippen LogP contribution in [0.4, 0.5) is 4.39 Å². The molecule has 0 heterocycles. The Kier molecular flexibility index (Phi) is 6.32. The van der Waals surface area contributed by atoms with E-state index in [2.05, 4.69) is 10.6 Å². The standard InChI is InChI=1S/C13H19FN2O2/c1-10(17)9-15-6-7-16-13(18)8-11-2-4-12(14)5-3-11/h2-5,10,15,17H,6-9H2,1H3,(H,16,18). The lowest BCUT2D eigenvalue weighted by Crippen LogP contribution is -2.35. The normalized spacial score (nSPS) is 12.2. The molecule has 0 aromatic heterocycles. The molecule has 0 saturated heterocycles. The summed E-state index contributed by atoms with van der Waals surface area (Å²) in [4.78, 5) is 11.5. The molecule has 5 heteroatoms. The van der Waals surface area contributed by atoms with E-state index in [1.54, 1.807) is 19.1 Å². The van der Waals surface area contributed by atoms with Crippen molar-refractivity contribution in [1.82, 2.24) is 10.6 Å². The molecule has 100 valence electrons. The molecular formula is C13H19FN2O2. The van der Waals surface area contributed by atoms with E-state index in [9.17, 15) is 9.18 Å². The van der Waals surface area contributed by atoms with Gasteiger partial charge in [0.05, 0.1) is 12.5 Å². The van der Waals surface area contributed by atoms with Gasteiger partial charge in [-0.25, -0.2) is 4.39 Å². The molecule has 0 aliphatic carbocycles. The molecule has 1 atom stereocenters. The number of halogens is 1. The Morgan fingerprint density at radius 3 is 2.61 bits per heavy atom. The molecule has 0 bridgehead atoms. The fourth-order valence-corrected chi connectivity index (χ4v) is 1.45. The van der Waals surface area contributed by atoms with Crippen LogP contribution >= 0.6 is 0 Å². The van der Waals surface area contributed by atoms with E-state index in [4.69, 9.17) is 5.11 Å². The van der Waals surface area contributed by atoms with Crippen LogP contribution < -0.4 is 10.6 Å². The van der Waals surface area contributed by atoms with Crippen LogP contribution in [0.1, 0.15) is 12.5 Å². The molecule has 0 saturated carbocycles. The number of carbonyl (C=O) groups excluding carboxylic acids is 1.